The number of hydrogen-bond donors (Lipinski definition) is 2. The fourth-order valence-corrected chi connectivity index (χ4v) is 2.67. The zero-order valence-corrected chi connectivity index (χ0v) is 11.1. The number of phenolic OH excluding ortho intramolecular Hbond substituents is 2. The van der Waals surface area contributed by atoms with E-state index < -0.39 is 0 Å². The molecule has 0 aliphatic rings. The van der Waals surface area contributed by atoms with Gasteiger partial charge in [-0.05, 0) is 18.6 Å². The van der Waals surface area contributed by atoms with Crippen LogP contribution in [-0.4, -0.2) is 14.8 Å². The summed E-state index contributed by atoms with van der Waals surface area (Å²) < 4.78 is 1.96. The zero-order chi connectivity index (χ0) is 14.3. The first-order valence-corrected chi connectivity index (χ1v) is 6.60. The summed E-state index contributed by atoms with van der Waals surface area (Å²) in [6, 6.07) is 10.1. The maximum Gasteiger partial charge on any atom is 0.200 e. The second-order valence-electron chi connectivity index (χ2n) is 4.86. The van der Waals surface area contributed by atoms with Gasteiger partial charge in [0.15, 0.2) is 0 Å². The summed E-state index contributed by atoms with van der Waals surface area (Å²) in [5.74, 6) is -0.227. The van der Waals surface area contributed by atoms with Crippen molar-refractivity contribution in [2.75, 3.05) is 0 Å². The van der Waals surface area contributed by atoms with E-state index in [-0.39, 0.29) is 22.3 Å². The summed E-state index contributed by atoms with van der Waals surface area (Å²) in [4.78, 5) is 12.5. The second kappa shape index (κ2) is 4.56. The molecule has 0 saturated heterocycles. The lowest BCUT2D eigenvalue weighted by Gasteiger charge is -2.15. The topological polar surface area (TPSA) is 62.5 Å². The van der Waals surface area contributed by atoms with E-state index in [2.05, 4.69) is 0 Å². The van der Waals surface area contributed by atoms with Crippen LogP contribution in [0, 0.1) is 0 Å². The number of hydrogen-bond acceptors (Lipinski definition) is 3. The Bertz CT molecular complexity index is 865. The molecule has 2 aromatic carbocycles. The lowest BCUT2D eigenvalue weighted by molar-refractivity contribution is 0.454. The molecule has 0 bridgehead atoms. The van der Waals surface area contributed by atoms with Crippen LogP contribution in [0.5, 0.6) is 11.5 Å². The summed E-state index contributed by atoms with van der Waals surface area (Å²) in [6.07, 6.45) is 0.887. The van der Waals surface area contributed by atoms with Gasteiger partial charge in [-0.15, -0.1) is 0 Å². The fraction of sp³-hybridized carbons (Fsp3) is 0.188. The van der Waals surface area contributed by atoms with E-state index >= 15 is 0 Å². The summed E-state index contributed by atoms with van der Waals surface area (Å²) in [6.45, 7) is 2.75. The maximum absolute atomic E-state index is 12.5. The second-order valence-corrected chi connectivity index (χ2v) is 4.86. The molecule has 1 heterocycles. The molecule has 0 unspecified atom stereocenters. The highest BCUT2D eigenvalue weighted by Gasteiger charge is 2.14. The highest BCUT2D eigenvalue weighted by atomic mass is 16.3. The van der Waals surface area contributed by atoms with Crippen LogP contribution >= 0.6 is 0 Å². The number of aromatic hydroxyl groups is 2. The normalized spacial score (nSPS) is 11.2. The van der Waals surface area contributed by atoms with E-state index in [0.29, 0.717) is 17.4 Å². The maximum atomic E-state index is 12.5. The molecule has 0 aliphatic heterocycles. The predicted octanol–water partition coefficient (Wildman–Crippen LogP) is 2.98. The van der Waals surface area contributed by atoms with E-state index in [1.165, 1.54) is 12.1 Å². The first-order chi connectivity index (χ1) is 9.63. The average molecular weight is 269 g/mol. The Kier molecular flexibility index (Phi) is 2.86. The Morgan fingerprint density at radius 1 is 1.10 bits per heavy atom. The van der Waals surface area contributed by atoms with Crippen LogP contribution in [0.1, 0.15) is 13.3 Å². The molecule has 0 fully saturated rings. The van der Waals surface area contributed by atoms with Gasteiger partial charge in [0, 0.05) is 24.1 Å². The minimum absolute atomic E-state index is 0.0467. The van der Waals surface area contributed by atoms with Gasteiger partial charge in [0.05, 0.1) is 16.4 Å². The number of fused-ring (bicyclic) bond motifs is 2. The fourth-order valence-electron chi connectivity index (χ4n) is 2.67. The molecule has 0 atom stereocenters. The minimum atomic E-state index is -0.208. The summed E-state index contributed by atoms with van der Waals surface area (Å²) in [5.41, 5.74) is 1.17. The summed E-state index contributed by atoms with van der Waals surface area (Å²) in [7, 11) is 0. The van der Waals surface area contributed by atoms with E-state index in [1.54, 1.807) is 6.07 Å². The Labute approximate surface area is 115 Å². The van der Waals surface area contributed by atoms with Crippen molar-refractivity contribution < 1.29 is 10.2 Å². The third-order valence-electron chi connectivity index (χ3n) is 3.49. The third-order valence-corrected chi connectivity index (χ3v) is 3.49. The molecule has 4 heteroatoms. The Balaban J connectivity index is 2.63. The van der Waals surface area contributed by atoms with Crippen LogP contribution in [0.4, 0.5) is 0 Å². The van der Waals surface area contributed by atoms with Gasteiger partial charge in [-0.1, -0.05) is 19.1 Å². The SMILES string of the molecule is CCCn1c2ccccc2c(=O)c2c(O)cc(O)cc21. The van der Waals surface area contributed by atoms with Crippen LogP contribution in [0.2, 0.25) is 0 Å². The number of nitrogens with zero attached hydrogens (tertiary/aromatic N) is 1. The first-order valence-electron chi connectivity index (χ1n) is 6.60. The number of phenols is 2. The smallest absolute Gasteiger partial charge is 0.200 e. The van der Waals surface area contributed by atoms with Crippen molar-refractivity contribution >= 4 is 21.8 Å². The lowest BCUT2D eigenvalue weighted by Crippen LogP contribution is -2.11. The van der Waals surface area contributed by atoms with Gasteiger partial charge in [0.2, 0.25) is 5.43 Å². The summed E-state index contributed by atoms with van der Waals surface area (Å²) >= 11 is 0. The number of rotatable bonds is 2. The van der Waals surface area contributed by atoms with Crippen LogP contribution in [0.15, 0.2) is 41.2 Å². The van der Waals surface area contributed by atoms with E-state index in [1.807, 2.05) is 29.7 Å². The Morgan fingerprint density at radius 2 is 1.85 bits per heavy atom. The van der Waals surface area contributed by atoms with Gasteiger partial charge >= 0.3 is 0 Å². The van der Waals surface area contributed by atoms with Crippen molar-refractivity contribution in [3.05, 3.63) is 46.6 Å². The van der Waals surface area contributed by atoms with Crippen LogP contribution < -0.4 is 5.43 Å². The van der Waals surface area contributed by atoms with Crippen molar-refractivity contribution in [1.82, 2.24) is 4.57 Å². The summed E-state index contributed by atoms with van der Waals surface area (Å²) in [5, 5.41) is 20.5. The minimum Gasteiger partial charge on any atom is -0.508 e. The van der Waals surface area contributed by atoms with Crippen molar-refractivity contribution in [3.63, 3.8) is 0 Å². The van der Waals surface area contributed by atoms with Crippen molar-refractivity contribution in [2.24, 2.45) is 0 Å². The largest absolute Gasteiger partial charge is 0.508 e. The van der Waals surface area contributed by atoms with Gasteiger partial charge in [0.1, 0.15) is 11.5 Å². The Morgan fingerprint density at radius 3 is 2.60 bits per heavy atom. The highest BCUT2D eigenvalue weighted by Crippen LogP contribution is 2.30. The van der Waals surface area contributed by atoms with Gasteiger partial charge in [0.25, 0.3) is 0 Å². The van der Waals surface area contributed by atoms with Gasteiger partial charge < -0.3 is 14.8 Å². The molecular formula is C16H15NO3. The highest BCUT2D eigenvalue weighted by molar-refractivity contribution is 5.97. The third kappa shape index (κ3) is 1.72. The molecule has 0 radical (unpaired) electrons. The number of para-hydroxylation sites is 1. The lowest BCUT2D eigenvalue weighted by atomic mass is 10.1. The van der Waals surface area contributed by atoms with Crippen molar-refractivity contribution in [1.29, 1.82) is 0 Å². The molecular weight excluding hydrogens is 254 g/mol. The predicted molar refractivity (Wildman–Crippen MR) is 79.3 cm³/mol. The van der Waals surface area contributed by atoms with Gasteiger partial charge in [-0.2, -0.15) is 0 Å². The molecule has 20 heavy (non-hydrogen) atoms. The quantitative estimate of drug-likeness (QED) is 0.703. The zero-order valence-electron chi connectivity index (χ0n) is 11.1. The molecule has 0 spiro atoms. The van der Waals surface area contributed by atoms with Crippen LogP contribution in [0.25, 0.3) is 21.8 Å². The molecule has 2 N–H and O–H groups in total. The van der Waals surface area contributed by atoms with Crippen molar-refractivity contribution in [3.8, 4) is 11.5 Å². The number of aromatic nitrogens is 1. The van der Waals surface area contributed by atoms with Crippen LogP contribution in [-0.2, 0) is 6.54 Å². The number of pyridine rings is 1. The van der Waals surface area contributed by atoms with Gasteiger partial charge in [-0.25, -0.2) is 0 Å². The molecule has 0 amide bonds. The molecule has 1 aromatic heterocycles. The molecule has 102 valence electrons. The molecule has 4 nitrogen and oxygen atoms in total. The monoisotopic (exact) mass is 269 g/mol. The Hall–Kier alpha value is -2.49. The van der Waals surface area contributed by atoms with Crippen LogP contribution in [0.3, 0.4) is 0 Å². The van der Waals surface area contributed by atoms with Gasteiger partial charge in [-0.3, -0.25) is 4.79 Å². The number of benzene rings is 2. The van der Waals surface area contributed by atoms with Crippen molar-refractivity contribution in [2.45, 2.75) is 19.9 Å². The number of aryl methyl sites for hydroxylation is 1. The molecule has 3 rings (SSSR count). The first kappa shape index (κ1) is 12.5. The van der Waals surface area contributed by atoms with E-state index in [0.717, 1.165) is 11.9 Å². The molecule has 3 aromatic rings. The van der Waals surface area contributed by atoms with E-state index in [4.69, 9.17) is 0 Å². The standard InChI is InChI=1S/C16H15NO3/c1-2-7-17-12-6-4-3-5-11(12)16(20)15-13(17)8-10(18)9-14(15)19/h3-6,8-9,18-19H,2,7H2,1H3. The molecule has 0 saturated carbocycles. The average Bonchev–Trinajstić information content (AvgIpc) is 2.42. The molecule has 0 aliphatic carbocycles. The van der Waals surface area contributed by atoms with E-state index in [9.17, 15) is 15.0 Å².